The summed E-state index contributed by atoms with van der Waals surface area (Å²) in [5.74, 6) is 0.184. The van der Waals surface area contributed by atoms with Crippen LogP contribution in [-0.4, -0.2) is 43.6 Å². The normalized spacial score (nSPS) is 23.9. The third kappa shape index (κ3) is 2.80. The van der Waals surface area contributed by atoms with Crippen molar-refractivity contribution in [1.29, 1.82) is 0 Å². The Morgan fingerprint density at radius 3 is 3.21 bits per heavy atom. The van der Waals surface area contributed by atoms with E-state index in [-0.39, 0.29) is 12.0 Å². The SMILES string of the molecule is O=C1CNCCCN1CC1OCCc2ccccc21. The molecule has 0 aliphatic carbocycles. The van der Waals surface area contributed by atoms with Crippen molar-refractivity contribution in [3.05, 3.63) is 35.4 Å². The summed E-state index contributed by atoms with van der Waals surface area (Å²) in [5.41, 5.74) is 2.61. The van der Waals surface area contributed by atoms with E-state index in [9.17, 15) is 4.79 Å². The summed E-state index contributed by atoms with van der Waals surface area (Å²) in [6.07, 6.45) is 2.02. The van der Waals surface area contributed by atoms with Crippen molar-refractivity contribution in [2.45, 2.75) is 18.9 Å². The standard InChI is InChI=1S/C15H20N2O2/c18-15-10-16-7-3-8-17(15)11-14-13-5-2-1-4-12(13)6-9-19-14/h1-2,4-5,14,16H,3,6-11H2. The second kappa shape index (κ2) is 5.72. The number of carbonyl (C=O) groups excluding carboxylic acids is 1. The lowest BCUT2D eigenvalue weighted by atomic mass is 9.97. The lowest BCUT2D eigenvalue weighted by Gasteiger charge is -2.31. The van der Waals surface area contributed by atoms with Crippen molar-refractivity contribution >= 4 is 5.91 Å². The molecule has 4 nitrogen and oxygen atoms in total. The zero-order valence-electron chi connectivity index (χ0n) is 11.1. The molecule has 0 bridgehead atoms. The van der Waals surface area contributed by atoms with Crippen LogP contribution in [0.3, 0.4) is 0 Å². The molecule has 2 heterocycles. The highest BCUT2D eigenvalue weighted by molar-refractivity contribution is 5.78. The number of carbonyl (C=O) groups is 1. The minimum Gasteiger partial charge on any atom is -0.371 e. The monoisotopic (exact) mass is 260 g/mol. The van der Waals surface area contributed by atoms with Gasteiger partial charge in [-0.3, -0.25) is 4.79 Å². The second-order valence-corrected chi connectivity index (χ2v) is 5.18. The number of ether oxygens (including phenoxy) is 1. The van der Waals surface area contributed by atoms with Crippen LogP contribution in [0.2, 0.25) is 0 Å². The Morgan fingerprint density at radius 1 is 1.37 bits per heavy atom. The van der Waals surface area contributed by atoms with Crippen LogP contribution in [0.25, 0.3) is 0 Å². The first kappa shape index (κ1) is 12.6. The summed E-state index contributed by atoms with van der Waals surface area (Å²) >= 11 is 0. The topological polar surface area (TPSA) is 41.6 Å². The molecule has 1 atom stereocenters. The van der Waals surface area contributed by atoms with Crippen LogP contribution >= 0.6 is 0 Å². The van der Waals surface area contributed by atoms with Gasteiger partial charge in [0.05, 0.1) is 19.7 Å². The molecule has 1 aromatic rings. The third-order valence-electron chi connectivity index (χ3n) is 3.89. The summed E-state index contributed by atoms with van der Waals surface area (Å²) < 4.78 is 5.88. The molecular formula is C15H20N2O2. The van der Waals surface area contributed by atoms with Gasteiger partial charge in [-0.2, -0.15) is 0 Å². The van der Waals surface area contributed by atoms with Gasteiger partial charge >= 0.3 is 0 Å². The number of nitrogens with zero attached hydrogens (tertiary/aromatic N) is 1. The molecule has 4 heteroatoms. The molecule has 1 amide bonds. The van der Waals surface area contributed by atoms with Crippen molar-refractivity contribution in [2.24, 2.45) is 0 Å². The number of benzene rings is 1. The molecule has 3 rings (SSSR count). The van der Waals surface area contributed by atoms with Crippen LogP contribution in [0.5, 0.6) is 0 Å². The highest BCUT2D eigenvalue weighted by Gasteiger charge is 2.25. The van der Waals surface area contributed by atoms with Gasteiger partial charge in [-0.05, 0) is 30.5 Å². The molecule has 19 heavy (non-hydrogen) atoms. The van der Waals surface area contributed by atoms with Gasteiger partial charge in [0, 0.05) is 6.54 Å². The average Bonchev–Trinajstić information content (AvgIpc) is 2.65. The van der Waals surface area contributed by atoms with E-state index >= 15 is 0 Å². The third-order valence-corrected chi connectivity index (χ3v) is 3.89. The molecule has 0 spiro atoms. The number of amides is 1. The maximum atomic E-state index is 12.0. The van der Waals surface area contributed by atoms with Crippen LogP contribution in [-0.2, 0) is 16.0 Å². The fraction of sp³-hybridized carbons (Fsp3) is 0.533. The number of nitrogens with one attached hydrogen (secondary N) is 1. The van der Waals surface area contributed by atoms with Crippen molar-refractivity contribution in [2.75, 3.05) is 32.8 Å². The largest absolute Gasteiger partial charge is 0.371 e. The molecule has 102 valence electrons. The van der Waals surface area contributed by atoms with Crippen LogP contribution in [0.1, 0.15) is 23.7 Å². The first-order valence-corrected chi connectivity index (χ1v) is 7.02. The zero-order valence-corrected chi connectivity index (χ0v) is 11.1. The second-order valence-electron chi connectivity index (χ2n) is 5.18. The summed E-state index contributed by atoms with van der Waals surface area (Å²) in [4.78, 5) is 13.9. The smallest absolute Gasteiger partial charge is 0.236 e. The molecule has 0 aromatic heterocycles. The number of rotatable bonds is 2. The molecule has 0 saturated carbocycles. The van der Waals surface area contributed by atoms with Gasteiger partial charge in [0.1, 0.15) is 6.10 Å². The Kier molecular flexibility index (Phi) is 3.80. The maximum absolute atomic E-state index is 12.0. The van der Waals surface area contributed by atoms with Crippen molar-refractivity contribution in [3.63, 3.8) is 0 Å². The summed E-state index contributed by atoms with van der Waals surface area (Å²) in [7, 11) is 0. The fourth-order valence-corrected chi connectivity index (χ4v) is 2.85. The van der Waals surface area contributed by atoms with E-state index in [0.29, 0.717) is 13.1 Å². The maximum Gasteiger partial charge on any atom is 0.236 e. The molecule has 2 aliphatic rings. The van der Waals surface area contributed by atoms with E-state index in [1.54, 1.807) is 0 Å². The number of hydrogen-bond acceptors (Lipinski definition) is 3. The summed E-state index contributed by atoms with van der Waals surface area (Å²) in [6, 6.07) is 8.41. The molecule has 1 N–H and O–H groups in total. The molecule has 1 aromatic carbocycles. The van der Waals surface area contributed by atoms with Crippen molar-refractivity contribution < 1.29 is 9.53 Å². The number of hydrogen-bond donors (Lipinski definition) is 1. The molecule has 1 unspecified atom stereocenters. The van der Waals surface area contributed by atoms with Crippen molar-refractivity contribution in [1.82, 2.24) is 10.2 Å². The molecule has 0 radical (unpaired) electrons. The predicted molar refractivity (Wildman–Crippen MR) is 72.9 cm³/mol. The zero-order chi connectivity index (χ0) is 13.1. The lowest BCUT2D eigenvalue weighted by Crippen LogP contribution is -2.39. The lowest BCUT2D eigenvalue weighted by molar-refractivity contribution is -0.131. The van der Waals surface area contributed by atoms with E-state index in [4.69, 9.17) is 4.74 Å². The summed E-state index contributed by atoms with van der Waals surface area (Å²) in [5, 5.41) is 3.15. The first-order valence-electron chi connectivity index (χ1n) is 7.02. The van der Waals surface area contributed by atoms with Crippen LogP contribution in [0.4, 0.5) is 0 Å². The Hall–Kier alpha value is -1.39. The molecule has 1 fully saturated rings. The van der Waals surface area contributed by atoms with E-state index < -0.39 is 0 Å². The van der Waals surface area contributed by atoms with Gasteiger partial charge < -0.3 is 15.0 Å². The van der Waals surface area contributed by atoms with E-state index in [1.165, 1.54) is 11.1 Å². The highest BCUT2D eigenvalue weighted by atomic mass is 16.5. The van der Waals surface area contributed by atoms with Crippen LogP contribution in [0.15, 0.2) is 24.3 Å². The Balaban J connectivity index is 1.75. The van der Waals surface area contributed by atoms with E-state index in [2.05, 4.69) is 23.5 Å². The Labute approximate surface area is 113 Å². The summed E-state index contributed by atoms with van der Waals surface area (Å²) in [6.45, 7) is 3.63. The molecule has 1 saturated heterocycles. The van der Waals surface area contributed by atoms with Gasteiger partial charge in [0.2, 0.25) is 5.91 Å². The van der Waals surface area contributed by atoms with Gasteiger partial charge in [-0.1, -0.05) is 24.3 Å². The molecular weight excluding hydrogens is 240 g/mol. The van der Waals surface area contributed by atoms with Gasteiger partial charge in [0.15, 0.2) is 0 Å². The van der Waals surface area contributed by atoms with Crippen molar-refractivity contribution in [3.8, 4) is 0 Å². The number of fused-ring (bicyclic) bond motifs is 1. The average molecular weight is 260 g/mol. The van der Waals surface area contributed by atoms with Gasteiger partial charge in [0.25, 0.3) is 0 Å². The fourth-order valence-electron chi connectivity index (χ4n) is 2.85. The minimum atomic E-state index is 0.0343. The van der Waals surface area contributed by atoms with E-state index in [0.717, 1.165) is 32.5 Å². The Bertz CT molecular complexity index is 461. The minimum absolute atomic E-state index is 0.0343. The van der Waals surface area contributed by atoms with E-state index in [1.807, 2.05) is 11.0 Å². The van der Waals surface area contributed by atoms with Crippen LogP contribution < -0.4 is 5.32 Å². The van der Waals surface area contributed by atoms with Gasteiger partial charge in [-0.15, -0.1) is 0 Å². The first-order chi connectivity index (χ1) is 9.34. The molecule has 2 aliphatic heterocycles. The van der Waals surface area contributed by atoms with Crippen LogP contribution in [0, 0.1) is 0 Å². The quantitative estimate of drug-likeness (QED) is 0.866. The predicted octanol–water partition coefficient (Wildman–Crippen LogP) is 1.12. The van der Waals surface area contributed by atoms with Gasteiger partial charge in [-0.25, -0.2) is 0 Å². The Morgan fingerprint density at radius 2 is 2.26 bits per heavy atom. The highest BCUT2D eigenvalue weighted by Crippen LogP contribution is 2.27.